The molecule has 0 unspecified atom stereocenters. The van der Waals surface area contributed by atoms with Crippen LogP contribution in [0, 0.1) is 36.5 Å². The van der Waals surface area contributed by atoms with Crippen molar-refractivity contribution in [2.24, 2.45) is 0 Å². The van der Waals surface area contributed by atoms with Crippen molar-refractivity contribution < 1.29 is 13.2 Å². The maximum absolute atomic E-state index is 13.1. The van der Waals surface area contributed by atoms with Crippen molar-refractivity contribution in [3.63, 3.8) is 0 Å². The Morgan fingerprint density at radius 1 is 1.12 bits per heavy atom. The highest BCUT2D eigenvalue weighted by Gasteiger charge is 2.30. The summed E-state index contributed by atoms with van der Waals surface area (Å²) >= 11 is 1.64. The average molecular weight is 452 g/mol. The Labute approximate surface area is 188 Å². The summed E-state index contributed by atoms with van der Waals surface area (Å²) in [6.45, 7) is 3.83. The van der Waals surface area contributed by atoms with Gasteiger partial charge in [-0.2, -0.15) is 23.7 Å². The minimum absolute atomic E-state index is 0.155. The van der Waals surface area contributed by atoms with Crippen molar-refractivity contribution in [2.45, 2.75) is 45.7 Å². The Morgan fingerprint density at radius 3 is 2.56 bits per heavy atom. The van der Waals surface area contributed by atoms with E-state index < -0.39 is 11.7 Å². The van der Waals surface area contributed by atoms with Crippen LogP contribution in [0.2, 0.25) is 0 Å². The maximum Gasteiger partial charge on any atom is 0.416 e. The van der Waals surface area contributed by atoms with Crippen LogP contribution in [0.5, 0.6) is 0 Å². The highest BCUT2D eigenvalue weighted by atomic mass is 32.1. The molecule has 0 saturated carbocycles. The van der Waals surface area contributed by atoms with E-state index in [4.69, 9.17) is 0 Å². The first-order chi connectivity index (χ1) is 15.2. The first kappa shape index (κ1) is 21.9. The molecule has 1 aromatic carbocycles. The van der Waals surface area contributed by atoms with Crippen molar-refractivity contribution in [3.8, 4) is 17.1 Å². The van der Waals surface area contributed by atoms with Gasteiger partial charge >= 0.3 is 6.18 Å². The summed E-state index contributed by atoms with van der Waals surface area (Å²) in [6.07, 6.45) is 1.24. The Morgan fingerprint density at radius 2 is 1.88 bits per heavy atom. The fourth-order valence-electron chi connectivity index (χ4n) is 4.27. The van der Waals surface area contributed by atoms with Gasteiger partial charge in [-0.15, -0.1) is 11.3 Å². The van der Waals surface area contributed by atoms with Gasteiger partial charge in [0, 0.05) is 16.3 Å². The van der Waals surface area contributed by atoms with Gasteiger partial charge in [-0.3, -0.25) is 0 Å². The Hall–Kier alpha value is -3.29. The summed E-state index contributed by atoms with van der Waals surface area (Å²) < 4.78 is 41.3. The van der Waals surface area contributed by atoms with E-state index in [1.54, 1.807) is 17.4 Å². The Kier molecular flexibility index (Phi) is 5.71. The van der Waals surface area contributed by atoms with Gasteiger partial charge in [0.1, 0.15) is 11.1 Å². The lowest BCUT2D eigenvalue weighted by Gasteiger charge is -2.10. The molecular formula is C25H20F3N3S. The molecule has 2 heterocycles. The first-order valence-corrected chi connectivity index (χ1v) is 11.1. The summed E-state index contributed by atoms with van der Waals surface area (Å²) in [6, 6.07) is 11.1. The normalized spacial score (nSPS) is 14.0. The zero-order valence-corrected chi connectivity index (χ0v) is 18.5. The van der Waals surface area contributed by atoms with Crippen molar-refractivity contribution >= 4 is 23.0 Å². The zero-order chi connectivity index (χ0) is 23.0. The second kappa shape index (κ2) is 8.33. The smallest absolute Gasteiger partial charge is 0.308 e. The van der Waals surface area contributed by atoms with Crippen LogP contribution in [-0.2, 0) is 19.0 Å². The quantitative estimate of drug-likeness (QED) is 0.403. The molecule has 3 aromatic rings. The topological polar surface area (TPSA) is 52.5 Å². The number of aromatic nitrogens is 1. The van der Waals surface area contributed by atoms with Crippen LogP contribution in [0.4, 0.5) is 13.2 Å². The molecule has 1 aliphatic rings. The van der Waals surface area contributed by atoms with E-state index in [2.05, 4.69) is 6.07 Å². The standard InChI is InChI=1S/C25H20F3N3S/c1-15-10-18(11-19(13-29)17-6-5-7-20(12-17)25(26,27)28)16(2)31(15)24-22(14-30)21-8-3-4-9-23(21)32-24/h5-7,10-12H,3-4,8-9H2,1-2H3/b19-11-. The number of nitriles is 2. The number of thiophene rings is 1. The Balaban J connectivity index is 1.81. The van der Waals surface area contributed by atoms with Crippen LogP contribution < -0.4 is 0 Å². The van der Waals surface area contributed by atoms with E-state index in [0.717, 1.165) is 65.3 Å². The number of alkyl halides is 3. The minimum atomic E-state index is -4.47. The lowest BCUT2D eigenvalue weighted by Crippen LogP contribution is -2.05. The van der Waals surface area contributed by atoms with E-state index in [-0.39, 0.29) is 11.1 Å². The van der Waals surface area contributed by atoms with Gasteiger partial charge in [-0.05, 0) is 80.5 Å². The van der Waals surface area contributed by atoms with Crippen LogP contribution in [-0.4, -0.2) is 4.57 Å². The third-order valence-electron chi connectivity index (χ3n) is 5.86. The van der Waals surface area contributed by atoms with E-state index in [1.807, 2.05) is 30.6 Å². The molecule has 3 nitrogen and oxygen atoms in total. The molecule has 0 radical (unpaired) electrons. The van der Waals surface area contributed by atoms with E-state index in [1.165, 1.54) is 17.0 Å². The minimum Gasteiger partial charge on any atom is -0.308 e. The molecule has 0 aliphatic heterocycles. The SMILES string of the molecule is Cc1cc(/C=C(/C#N)c2cccc(C(F)(F)F)c2)c(C)n1-c1sc2c(c1C#N)CCCC2. The van der Waals surface area contributed by atoms with Gasteiger partial charge in [0.25, 0.3) is 0 Å². The van der Waals surface area contributed by atoms with Crippen LogP contribution in [0.25, 0.3) is 16.7 Å². The number of halogens is 3. The Bertz CT molecular complexity index is 1310. The summed E-state index contributed by atoms with van der Waals surface area (Å²) in [5.41, 5.74) is 3.93. The van der Waals surface area contributed by atoms with E-state index >= 15 is 0 Å². The molecule has 0 atom stereocenters. The third-order valence-corrected chi connectivity index (χ3v) is 7.14. The highest BCUT2D eigenvalue weighted by Crippen LogP contribution is 2.39. The number of allylic oxidation sites excluding steroid dienone is 1. The lowest BCUT2D eigenvalue weighted by atomic mass is 9.96. The third kappa shape index (κ3) is 3.85. The summed E-state index contributed by atoms with van der Waals surface area (Å²) in [5.74, 6) is 0. The molecule has 0 N–H and O–H groups in total. The fraction of sp³-hybridized carbons (Fsp3) is 0.280. The highest BCUT2D eigenvalue weighted by molar-refractivity contribution is 7.15. The number of nitrogens with zero attached hydrogens (tertiary/aromatic N) is 3. The molecule has 1 aliphatic carbocycles. The van der Waals surface area contributed by atoms with Crippen molar-refractivity contribution in [1.82, 2.24) is 4.57 Å². The van der Waals surface area contributed by atoms with E-state index in [9.17, 15) is 23.7 Å². The number of aryl methyl sites for hydroxylation is 2. The van der Waals surface area contributed by atoms with Crippen molar-refractivity contribution in [3.05, 3.63) is 74.4 Å². The monoisotopic (exact) mass is 451 g/mol. The van der Waals surface area contributed by atoms with E-state index in [0.29, 0.717) is 5.56 Å². The molecule has 0 bridgehead atoms. The van der Waals surface area contributed by atoms with Gasteiger partial charge in [-0.1, -0.05) is 12.1 Å². The molecule has 4 rings (SSSR count). The van der Waals surface area contributed by atoms with Gasteiger partial charge in [-0.25, -0.2) is 0 Å². The molecule has 0 saturated heterocycles. The molecule has 32 heavy (non-hydrogen) atoms. The van der Waals surface area contributed by atoms with Crippen molar-refractivity contribution in [2.75, 3.05) is 0 Å². The first-order valence-electron chi connectivity index (χ1n) is 10.3. The van der Waals surface area contributed by atoms with Gasteiger partial charge in [0.05, 0.1) is 22.8 Å². The largest absolute Gasteiger partial charge is 0.416 e. The molecule has 162 valence electrons. The fourth-order valence-corrected chi connectivity index (χ4v) is 5.72. The summed E-state index contributed by atoms with van der Waals surface area (Å²) in [7, 11) is 0. The molecule has 0 fully saturated rings. The van der Waals surface area contributed by atoms with Crippen molar-refractivity contribution in [1.29, 1.82) is 10.5 Å². The number of hydrogen-bond donors (Lipinski definition) is 0. The predicted molar refractivity (Wildman–Crippen MR) is 119 cm³/mol. The number of hydrogen-bond acceptors (Lipinski definition) is 3. The molecule has 7 heteroatoms. The van der Waals surface area contributed by atoms with Crippen LogP contribution in [0.3, 0.4) is 0 Å². The average Bonchev–Trinajstić information content (AvgIpc) is 3.27. The molecular weight excluding hydrogens is 431 g/mol. The summed E-state index contributed by atoms with van der Waals surface area (Å²) in [4.78, 5) is 1.26. The van der Waals surface area contributed by atoms with Gasteiger partial charge < -0.3 is 4.57 Å². The molecule has 2 aromatic heterocycles. The van der Waals surface area contributed by atoms with Crippen LogP contribution >= 0.6 is 11.3 Å². The van der Waals surface area contributed by atoms with Gasteiger partial charge in [0.2, 0.25) is 0 Å². The number of benzene rings is 1. The number of rotatable bonds is 3. The lowest BCUT2D eigenvalue weighted by molar-refractivity contribution is -0.137. The predicted octanol–water partition coefficient (Wildman–Crippen LogP) is 6.99. The maximum atomic E-state index is 13.1. The van der Waals surface area contributed by atoms with Crippen LogP contribution in [0.15, 0.2) is 30.3 Å². The zero-order valence-electron chi connectivity index (χ0n) is 17.7. The summed E-state index contributed by atoms with van der Waals surface area (Å²) in [5, 5.41) is 20.4. The number of fused-ring (bicyclic) bond motifs is 1. The van der Waals surface area contributed by atoms with Crippen LogP contribution in [0.1, 0.15) is 56.9 Å². The van der Waals surface area contributed by atoms with Gasteiger partial charge in [0.15, 0.2) is 0 Å². The second-order valence-corrected chi connectivity index (χ2v) is 9.00. The molecule has 0 spiro atoms. The molecule has 0 amide bonds. The second-order valence-electron chi connectivity index (χ2n) is 7.91.